The molecule has 0 aliphatic carbocycles. The number of hydrogen-bond donors (Lipinski definition) is 7. The Morgan fingerprint density at radius 1 is 0.839 bits per heavy atom. The molecule has 4 unspecified atom stereocenters. The first-order valence-corrected chi connectivity index (χ1v) is 10.7. The lowest BCUT2D eigenvalue weighted by Gasteiger charge is -2.24. The Bertz CT molecular complexity index is 688. The lowest BCUT2D eigenvalue weighted by molar-refractivity contribution is -0.144. The van der Waals surface area contributed by atoms with Crippen LogP contribution >= 0.6 is 11.8 Å². The highest BCUT2D eigenvalue weighted by Gasteiger charge is 2.30. The highest BCUT2D eigenvalue weighted by molar-refractivity contribution is 7.98. The number of carbonyl (C=O) groups is 6. The minimum absolute atomic E-state index is 0.230. The molecule has 0 saturated carbocycles. The average Bonchev–Trinajstić information content (AvgIpc) is 2.66. The second-order valence-corrected chi connectivity index (χ2v) is 7.75. The molecule has 0 aromatic heterocycles. The maximum absolute atomic E-state index is 12.7. The van der Waals surface area contributed by atoms with Gasteiger partial charge in [-0.2, -0.15) is 11.8 Å². The predicted octanol–water partition coefficient (Wildman–Crippen LogP) is -3.23. The van der Waals surface area contributed by atoms with Gasteiger partial charge in [0, 0.05) is 6.42 Å². The summed E-state index contributed by atoms with van der Waals surface area (Å²) in [6, 6.07) is -4.86. The van der Waals surface area contributed by atoms with Gasteiger partial charge in [0.15, 0.2) is 0 Å². The Morgan fingerprint density at radius 2 is 1.32 bits per heavy atom. The van der Waals surface area contributed by atoms with Crippen molar-refractivity contribution in [1.82, 2.24) is 16.0 Å². The van der Waals surface area contributed by atoms with Crippen molar-refractivity contribution in [3.05, 3.63) is 0 Å². The number of thioether (sulfide) groups is 1. The molecule has 5 amide bonds. The van der Waals surface area contributed by atoms with E-state index in [2.05, 4.69) is 16.0 Å². The van der Waals surface area contributed by atoms with Crippen LogP contribution in [0.1, 0.15) is 32.6 Å². The van der Waals surface area contributed by atoms with Gasteiger partial charge >= 0.3 is 5.97 Å². The van der Waals surface area contributed by atoms with Gasteiger partial charge in [0.25, 0.3) is 0 Å². The maximum atomic E-state index is 12.7. The van der Waals surface area contributed by atoms with Crippen molar-refractivity contribution in [2.75, 3.05) is 12.0 Å². The Morgan fingerprint density at radius 3 is 1.74 bits per heavy atom. The number of hydrogen-bond acceptors (Lipinski definition) is 8. The standard InChI is InChI=1S/C17H30N6O7S/c1-8(18)14(26)21-10(5-6-31-2)16(28)22-9(3-4-12(19)24)15(27)23-11(17(29)30)7-13(20)25/h8-11H,3-7,18H2,1-2H3,(H2,19,24)(H2,20,25)(H,21,26)(H,22,28)(H,23,27)(H,29,30). The molecule has 0 saturated heterocycles. The molecular weight excluding hydrogens is 432 g/mol. The van der Waals surface area contributed by atoms with Gasteiger partial charge < -0.3 is 38.3 Å². The van der Waals surface area contributed by atoms with Crippen LogP contribution in [0.15, 0.2) is 0 Å². The van der Waals surface area contributed by atoms with Crippen molar-refractivity contribution in [3.8, 4) is 0 Å². The molecule has 4 atom stereocenters. The van der Waals surface area contributed by atoms with Crippen LogP contribution in [-0.4, -0.2) is 76.8 Å². The van der Waals surface area contributed by atoms with Crippen molar-refractivity contribution in [3.63, 3.8) is 0 Å². The van der Waals surface area contributed by atoms with Gasteiger partial charge in [-0.25, -0.2) is 4.79 Å². The van der Waals surface area contributed by atoms with Gasteiger partial charge in [0.1, 0.15) is 18.1 Å². The fourth-order valence-corrected chi connectivity index (χ4v) is 2.78. The number of amides is 5. The van der Waals surface area contributed by atoms with Crippen LogP contribution in [-0.2, 0) is 28.8 Å². The third-order valence-corrected chi connectivity index (χ3v) is 4.63. The molecule has 13 nitrogen and oxygen atoms in total. The van der Waals surface area contributed by atoms with Crippen molar-refractivity contribution in [2.24, 2.45) is 17.2 Å². The van der Waals surface area contributed by atoms with Gasteiger partial charge in [0.05, 0.1) is 12.5 Å². The first kappa shape index (κ1) is 28.1. The predicted molar refractivity (Wildman–Crippen MR) is 112 cm³/mol. The zero-order chi connectivity index (χ0) is 24.1. The zero-order valence-electron chi connectivity index (χ0n) is 17.4. The summed E-state index contributed by atoms with van der Waals surface area (Å²) in [6.07, 6.45) is 0.851. The molecule has 176 valence electrons. The summed E-state index contributed by atoms with van der Waals surface area (Å²) in [5.74, 6) is -4.96. The summed E-state index contributed by atoms with van der Waals surface area (Å²) < 4.78 is 0. The lowest BCUT2D eigenvalue weighted by atomic mass is 10.1. The summed E-state index contributed by atoms with van der Waals surface area (Å²) in [5, 5.41) is 16.1. The maximum Gasteiger partial charge on any atom is 0.326 e. The first-order chi connectivity index (χ1) is 14.4. The second kappa shape index (κ2) is 14.2. The largest absolute Gasteiger partial charge is 0.480 e. The van der Waals surface area contributed by atoms with Crippen LogP contribution < -0.4 is 33.2 Å². The number of primary amides is 2. The fraction of sp³-hybridized carbons (Fsp3) is 0.647. The molecular formula is C17H30N6O7S. The number of carboxylic acids is 1. The molecule has 10 N–H and O–H groups in total. The minimum Gasteiger partial charge on any atom is -0.480 e. The summed E-state index contributed by atoms with van der Waals surface area (Å²) in [7, 11) is 0. The molecule has 0 aromatic rings. The van der Waals surface area contributed by atoms with Crippen LogP contribution in [0.5, 0.6) is 0 Å². The summed E-state index contributed by atoms with van der Waals surface area (Å²) in [5.41, 5.74) is 15.6. The third kappa shape index (κ3) is 11.8. The number of rotatable bonds is 15. The Kier molecular flexibility index (Phi) is 12.9. The normalized spacial score (nSPS) is 14.4. The smallest absolute Gasteiger partial charge is 0.326 e. The number of aliphatic carboxylic acids is 1. The monoisotopic (exact) mass is 462 g/mol. The molecule has 0 radical (unpaired) electrons. The molecule has 0 rings (SSSR count). The SMILES string of the molecule is CSCCC(NC(=O)C(C)N)C(=O)NC(CCC(N)=O)C(=O)NC(CC(N)=O)C(=O)O. The molecule has 0 fully saturated rings. The van der Waals surface area contributed by atoms with Crippen molar-refractivity contribution in [2.45, 2.75) is 56.8 Å². The molecule has 0 heterocycles. The van der Waals surface area contributed by atoms with E-state index >= 15 is 0 Å². The minimum atomic E-state index is -1.62. The summed E-state index contributed by atoms with van der Waals surface area (Å²) >= 11 is 1.43. The highest BCUT2D eigenvalue weighted by Crippen LogP contribution is 2.05. The van der Waals surface area contributed by atoms with E-state index in [0.29, 0.717) is 5.75 Å². The molecule has 14 heteroatoms. The van der Waals surface area contributed by atoms with Gasteiger partial charge in [-0.1, -0.05) is 0 Å². The van der Waals surface area contributed by atoms with Crippen LogP contribution in [0.3, 0.4) is 0 Å². The first-order valence-electron chi connectivity index (χ1n) is 9.34. The molecule has 0 aliphatic rings. The van der Waals surface area contributed by atoms with Crippen LogP contribution in [0.25, 0.3) is 0 Å². The highest BCUT2D eigenvalue weighted by atomic mass is 32.2. The summed E-state index contributed by atoms with van der Waals surface area (Å²) in [6.45, 7) is 1.44. The zero-order valence-corrected chi connectivity index (χ0v) is 18.2. The number of carboxylic acid groups (broad SMARTS) is 1. The van der Waals surface area contributed by atoms with E-state index in [1.165, 1.54) is 18.7 Å². The fourth-order valence-electron chi connectivity index (χ4n) is 2.31. The Hall–Kier alpha value is -2.87. The van der Waals surface area contributed by atoms with Crippen LogP contribution in [0.4, 0.5) is 0 Å². The molecule has 31 heavy (non-hydrogen) atoms. The Balaban J connectivity index is 5.47. The summed E-state index contributed by atoms with van der Waals surface area (Å²) in [4.78, 5) is 70.6. The second-order valence-electron chi connectivity index (χ2n) is 6.77. The van der Waals surface area contributed by atoms with E-state index in [1.807, 2.05) is 0 Å². The number of nitrogens with one attached hydrogen (secondary N) is 3. The average molecular weight is 463 g/mol. The van der Waals surface area contributed by atoms with Gasteiger partial charge in [-0.05, 0) is 31.8 Å². The van der Waals surface area contributed by atoms with Crippen molar-refractivity contribution >= 4 is 47.3 Å². The van der Waals surface area contributed by atoms with E-state index in [-0.39, 0.29) is 19.3 Å². The topological polar surface area (TPSA) is 237 Å². The lowest BCUT2D eigenvalue weighted by Crippen LogP contribution is -2.57. The molecule has 0 spiro atoms. The number of carbonyl (C=O) groups excluding carboxylic acids is 5. The van der Waals surface area contributed by atoms with Gasteiger partial charge in [0.2, 0.25) is 29.5 Å². The molecule has 0 aliphatic heterocycles. The van der Waals surface area contributed by atoms with Gasteiger partial charge in [-0.3, -0.25) is 24.0 Å². The van der Waals surface area contributed by atoms with Gasteiger partial charge in [-0.15, -0.1) is 0 Å². The van der Waals surface area contributed by atoms with Crippen molar-refractivity contribution < 1.29 is 33.9 Å². The molecule has 0 bridgehead atoms. The van der Waals surface area contributed by atoms with Crippen LogP contribution in [0, 0.1) is 0 Å². The van der Waals surface area contributed by atoms with E-state index in [0.717, 1.165) is 0 Å². The number of nitrogens with two attached hydrogens (primary N) is 3. The Labute approximate surface area is 183 Å². The van der Waals surface area contributed by atoms with E-state index in [4.69, 9.17) is 22.3 Å². The van der Waals surface area contributed by atoms with E-state index in [1.54, 1.807) is 6.26 Å². The van der Waals surface area contributed by atoms with Crippen LogP contribution in [0.2, 0.25) is 0 Å². The van der Waals surface area contributed by atoms with E-state index in [9.17, 15) is 28.8 Å². The third-order valence-electron chi connectivity index (χ3n) is 3.99. The molecule has 0 aromatic carbocycles. The van der Waals surface area contributed by atoms with E-state index < -0.39 is 66.1 Å². The van der Waals surface area contributed by atoms with Crippen molar-refractivity contribution in [1.29, 1.82) is 0 Å². The quantitative estimate of drug-likeness (QED) is 0.129.